The summed E-state index contributed by atoms with van der Waals surface area (Å²) in [4.78, 5) is 26.8. The van der Waals surface area contributed by atoms with Crippen LogP contribution >= 0.6 is 35.3 Å². The zero-order chi connectivity index (χ0) is 21.2. The zero-order valence-electron chi connectivity index (χ0n) is 18.3. The average Bonchev–Trinajstić information content (AvgIpc) is 3.26. The van der Waals surface area contributed by atoms with E-state index < -0.39 is 0 Å². The normalized spacial score (nSPS) is 14.2. The lowest BCUT2D eigenvalue weighted by Crippen LogP contribution is -2.49. The third-order valence-corrected chi connectivity index (χ3v) is 6.39. The van der Waals surface area contributed by atoms with Crippen LogP contribution in [0.1, 0.15) is 23.2 Å². The van der Waals surface area contributed by atoms with Crippen molar-refractivity contribution in [3.63, 3.8) is 0 Å². The number of benzene rings is 1. The Morgan fingerprint density at radius 1 is 1.13 bits per heavy atom. The molecule has 1 aromatic heterocycles. The Hall–Kier alpha value is -1.88. The maximum absolute atomic E-state index is 12.5. The third kappa shape index (κ3) is 7.95. The molecule has 0 aliphatic carbocycles. The summed E-state index contributed by atoms with van der Waals surface area (Å²) < 4.78 is 0. The SMILES string of the molecule is CCc1cnc(CCNC(=NC)NCCC(=O)N2CCN(c3ccccc3)CC2)s1.I. The second-order valence-electron chi connectivity index (χ2n) is 7.20. The fraction of sp³-hybridized carbons (Fsp3) is 0.500. The number of nitrogens with zero attached hydrogens (tertiary/aromatic N) is 4. The van der Waals surface area contributed by atoms with Crippen molar-refractivity contribution >= 4 is 52.9 Å². The van der Waals surface area contributed by atoms with Crippen molar-refractivity contribution in [3.05, 3.63) is 46.4 Å². The van der Waals surface area contributed by atoms with Gasteiger partial charge in [0.15, 0.2) is 5.96 Å². The monoisotopic (exact) mass is 556 g/mol. The fourth-order valence-electron chi connectivity index (χ4n) is 3.43. The van der Waals surface area contributed by atoms with E-state index in [2.05, 4.69) is 56.7 Å². The lowest BCUT2D eigenvalue weighted by atomic mass is 10.2. The largest absolute Gasteiger partial charge is 0.368 e. The number of hydrogen-bond acceptors (Lipinski definition) is 5. The van der Waals surface area contributed by atoms with Crippen LogP contribution in [0.2, 0.25) is 0 Å². The van der Waals surface area contributed by atoms with E-state index in [-0.39, 0.29) is 29.9 Å². The molecule has 2 N–H and O–H groups in total. The number of guanidine groups is 1. The quantitative estimate of drug-likeness (QED) is 0.297. The molecule has 1 saturated heterocycles. The number of hydrogen-bond donors (Lipinski definition) is 2. The lowest BCUT2D eigenvalue weighted by molar-refractivity contribution is -0.131. The molecule has 2 aromatic rings. The Morgan fingerprint density at radius 2 is 1.84 bits per heavy atom. The van der Waals surface area contributed by atoms with Crippen LogP contribution in [0, 0.1) is 0 Å². The molecule has 1 aliphatic heterocycles. The fourth-order valence-corrected chi connectivity index (χ4v) is 4.30. The highest BCUT2D eigenvalue weighted by molar-refractivity contribution is 14.0. The van der Waals surface area contributed by atoms with Crippen LogP contribution in [0.15, 0.2) is 41.5 Å². The summed E-state index contributed by atoms with van der Waals surface area (Å²) in [5, 5.41) is 7.68. The molecule has 1 fully saturated rings. The van der Waals surface area contributed by atoms with Crippen LogP contribution in [0.25, 0.3) is 0 Å². The number of amides is 1. The predicted molar refractivity (Wildman–Crippen MR) is 140 cm³/mol. The molecule has 1 aromatic carbocycles. The molecule has 7 nitrogen and oxygen atoms in total. The number of nitrogens with one attached hydrogen (secondary N) is 2. The standard InChI is InChI=1S/C22H32N6OS.HI/c1-3-19-17-26-20(30-19)9-11-24-22(23-2)25-12-10-21(29)28-15-13-27(14-16-28)18-7-5-4-6-8-18;/h4-8,17H,3,9-16H2,1-2H3,(H2,23,24,25);1H. The number of aliphatic imine (C=N–C) groups is 1. The Kier molecular flexibility index (Phi) is 11.1. The second-order valence-corrected chi connectivity index (χ2v) is 8.40. The van der Waals surface area contributed by atoms with Gasteiger partial charge in [-0.15, -0.1) is 35.3 Å². The van der Waals surface area contributed by atoms with E-state index in [0.717, 1.165) is 56.5 Å². The molecule has 31 heavy (non-hydrogen) atoms. The van der Waals surface area contributed by atoms with E-state index in [1.807, 2.05) is 17.2 Å². The van der Waals surface area contributed by atoms with Crippen molar-refractivity contribution in [3.8, 4) is 0 Å². The van der Waals surface area contributed by atoms with Crippen LogP contribution < -0.4 is 15.5 Å². The van der Waals surface area contributed by atoms with Crippen molar-refractivity contribution in [2.24, 2.45) is 4.99 Å². The Labute approximate surface area is 206 Å². The summed E-state index contributed by atoms with van der Waals surface area (Å²) in [6.07, 6.45) is 4.33. The first-order chi connectivity index (χ1) is 14.7. The number of halogens is 1. The summed E-state index contributed by atoms with van der Waals surface area (Å²) in [6.45, 7) is 6.79. The maximum Gasteiger partial charge on any atom is 0.224 e. The summed E-state index contributed by atoms with van der Waals surface area (Å²) >= 11 is 1.76. The van der Waals surface area contributed by atoms with Gasteiger partial charge in [-0.2, -0.15) is 0 Å². The minimum absolute atomic E-state index is 0. The Balaban J connectivity index is 0.00000341. The molecule has 2 heterocycles. The molecule has 0 bridgehead atoms. The van der Waals surface area contributed by atoms with E-state index in [1.165, 1.54) is 10.6 Å². The lowest BCUT2D eigenvalue weighted by Gasteiger charge is -2.36. The number of carbonyl (C=O) groups is 1. The van der Waals surface area contributed by atoms with E-state index in [9.17, 15) is 4.79 Å². The zero-order valence-corrected chi connectivity index (χ0v) is 21.5. The smallest absolute Gasteiger partial charge is 0.224 e. The number of para-hydroxylation sites is 1. The second kappa shape index (κ2) is 13.5. The van der Waals surface area contributed by atoms with Crippen LogP contribution in [0.4, 0.5) is 5.69 Å². The van der Waals surface area contributed by atoms with Crippen LogP contribution in [0.5, 0.6) is 0 Å². The summed E-state index contributed by atoms with van der Waals surface area (Å²) in [6, 6.07) is 10.4. The van der Waals surface area contributed by atoms with Gasteiger partial charge in [-0.25, -0.2) is 4.98 Å². The van der Waals surface area contributed by atoms with Crippen molar-refractivity contribution < 1.29 is 4.79 Å². The first-order valence-corrected chi connectivity index (χ1v) is 11.5. The highest BCUT2D eigenvalue weighted by Crippen LogP contribution is 2.16. The number of carbonyl (C=O) groups excluding carboxylic acids is 1. The number of aryl methyl sites for hydroxylation is 1. The molecular formula is C22H33IN6OS. The van der Waals surface area contributed by atoms with Crippen LogP contribution in [0.3, 0.4) is 0 Å². The molecule has 3 rings (SSSR count). The molecular weight excluding hydrogens is 523 g/mol. The van der Waals surface area contributed by atoms with Gasteiger partial charge in [0, 0.05) is 75.9 Å². The minimum atomic E-state index is 0. The van der Waals surface area contributed by atoms with Gasteiger partial charge in [-0.05, 0) is 18.6 Å². The van der Waals surface area contributed by atoms with Gasteiger partial charge in [0.1, 0.15) is 0 Å². The van der Waals surface area contributed by atoms with Crippen molar-refractivity contribution in [2.45, 2.75) is 26.2 Å². The number of aromatic nitrogens is 1. The molecule has 0 atom stereocenters. The van der Waals surface area contributed by atoms with Crippen LogP contribution in [-0.4, -0.2) is 68.1 Å². The highest BCUT2D eigenvalue weighted by atomic mass is 127. The summed E-state index contributed by atoms with van der Waals surface area (Å²) in [7, 11) is 1.75. The molecule has 1 amide bonds. The van der Waals surface area contributed by atoms with E-state index >= 15 is 0 Å². The number of anilines is 1. The maximum atomic E-state index is 12.5. The first-order valence-electron chi connectivity index (χ1n) is 10.7. The van der Waals surface area contributed by atoms with Crippen molar-refractivity contribution in [2.75, 3.05) is 51.2 Å². The Morgan fingerprint density at radius 3 is 2.48 bits per heavy atom. The van der Waals surface area contributed by atoms with Crippen molar-refractivity contribution in [1.82, 2.24) is 20.5 Å². The van der Waals surface area contributed by atoms with Crippen LogP contribution in [-0.2, 0) is 17.6 Å². The van der Waals surface area contributed by atoms with Gasteiger partial charge in [0.05, 0.1) is 5.01 Å². The van der Waals surface area contributed by atoms with Gasteiger partial charge in [-0.3, -0.25) is 9.79 Å². The predicted octanol–water partition coefficient (Wildman–Crippen LogP) is 2.77. The van der Waals surface area contributed by atoms with Gasteiger partial charge in [-0.1, -0.05) is 25.1 Å². The topological polar surface area (TPSA) is 72.9 Å². The highest BCUT2D eigenvalue weighted by Gasteiger charge is 2.20. The number of thiazole rings is 1. The van der Waals surface area contributed by atoms with Gasteiger partial charge in [0.25, 0.3) is 0 Å². The van der Waals surface area contributed by atoms with E-state index in [1.54, 1.807) is 18.4 Å². The molecule has 9 heteroatoms. The summed E-state index contributed by atoms with van der Waals surface area (Å²) in [5.74, 6) is 0.921. The molecule has 0 radical (unpaired) electrons. The van der Waals surface area contributed by atoms with Gasteiger partial charge < -0.3 is 20.4 Å². The molecule has 1 aliphatic rings. The summed E-state index contributed by atoms with van der Waals surface area (Å²) in [5.41, 5.74) is 1.23. The molecule has 0 spiro atoms. The van der Waals surface area contributed by atoms with Crippen molar-refractivity contribution in [1.29, 1.82) is 0 Å². The average molecular weight is 557 g/mol. The molecule has 170 valence electrons. The van der Waals surface area contributed by atoms with E-state index in [0.29, 0.717) is 13.0 Å². The Bertz CT molecular complexity index is 820. The molecule has 0 saturated carbocycles. The first kappa shape index (κ1) is 25.4. The third-order valence-electron chi connectivity index (χ3n) is 5.19. The van der Waals surface area contributed by atoms with Gasteiger partial charge >= 0.3 is 0 Å². The minimum Gasteiger partial charge on any atom is -0.368 e. The molecule has 0 unspecified atom stereocenters. The van der Waals surface area contributed by atoms with E-state index in [4.69, 9.17) is 0 Å². The number of piperazine rings is 1. The number of rotatable bonds is 8. The van der Waals surface area contributed by atoms with Gasteiger partial charge in [0.2, 0.25) is 5.91 Å².